The van der Waals surface area contributed by atoms with Crippen LogP contribution in [-0.2, 0) is 16.1 Å². The molecule has 35 heavy (non-hydrogen) atoms. The molecule has 3 N–H and O–H groups in total. The van der Waals surface area contributed by atoms with Crippen LogP contribution in [0.3, 0.4) is 0 Å². The summed E-state index contributed by atoms with van der Waals surface area (Å²) in [7, 11) is 0. The third-order valence-electron chi connectivity index (χ3n) is 5.03. The fourth-order valence-electron chi connectivity index (χ4n) is 3.22. The summed E-state index contributed by atoms with van der Waals surface area (Å²) in [5.74, 6) is -0.473. The monoisotopic (exact) mass is 477 g/mol. The Balaban J connectivity index is 1.52. The third-order valence-corrected chi connectivity index (χ3v) is 5.03. The number of benzene rings is 2. The molecule has 0 aliphatic heterocycles. The van der Waals surface area contributed by atoms with Crippen LogP contribution in [0.15, 0.2) is 42.5 Å². The Kier molecular flexibility index (Phi) is 8.01. The normalized spacial score (nSPS) is 11.1. The van der Waals surface area contributed by atoms with Gasteiger partial charge in [-0.3, -0.25) is 9.59 Å². The largest absolute Gasteiger partial charge is 0.444 e. The zero-order valence-electron chi connectivity index (χ0n) is 20.7. The molecule has 1 heterocycles. The molecule has 3 amide bonds. The Morgan fingerprint density at radius 3 is 2.34 bits per heavy atom. The van der Waals surface area contributed by atoms with E-state index in [2.05, 4.69) is 25.9 Å². The van der Waals surface area contributed by atoms with Gasteiger partial charge < -0.3 is 20.7 Å². The average Bonchev–Trinajstić information content (AvgIpc) is 2.77. The van der Waals surface area contributed by atoms with Crippen molar-refractivity contribution in [2.24, 2.45) is 0 Å². The van der Waals surface area contributed by atoms with E-state index in [0.29, 0.717) is 23.3 Å². The number of rotatable bonds is 7. The van der Waals surface area contributed by atoms with Crippen molar-refractivity contribution in [3.8, 4) is 0 Å². The van der Waals surface area contributed by atoms with Gasteiger partial charge in [-0.1, -0.05) is 12.1 Å². The molecule has 3 aromatic rings. The minimum absolute atomic E-state index is 0.125. The molecule has 9 nitrogen and oxygen atoms in total. The molecular weight excluding hydrogens is 446 g/mol. The highest BCUT2D eigenvalue weighted by atomic mass is 16.6. The Labute approximate surface area is 204 Å². The maximum absolute atomic E-state index is 12.8. The molecule has 0 aliphatic rings. The first-order valence-corrected chi connectivity index (χ1v) is 11.4. The molecule has 9 heteroatoms. The van der Waals surface area contributed by atoms with Crippen molar-refractivity contribution in [2.45, 2.75) is 53.2 Å². The number of hydrogen-bond donors (Lipinski definition) is 3. The molecule has 0 saturated heterocycles. The second-order valence-electron chi connectivity index (χ2n) is 9.21. The fourth-order valence-corrected chi connectivity index (χ4v) is 3.22. The van der Waals surface area contributed by atoms with Crippen molar-refractivity contribution in [1.82, 2.24) is 20.6 Å². The SMILES string of the molecule is Cc1nc2ccc(C(=O)Nc3cccc(CNC(=O)CCNC(=O)OC(C)(C)C)c3)cc2nc1C. The summed E-state index contributed by atoms with van der Waals surface area (Å²) in [5, 5.41) is 8.24. The first kappa shape index (κ1) is 25.6. The van der Waals surface area contributed by atoms with Crippen LogP contribution in [0.5, 0.6) is 0 Å². The summed E-state index contributed by atoms with van der Waals surface area (Å²) in [4.78, 5) is 45.5. The number of alkyl carbamates (subject to hydrolysis) is 1. The van der Waals surface area contributed by atoms with Gasteiger partial charge in [-0.25, -0.2) is 14.8 Å². The minimum atomic E-state index is -0.590. The van der Waals surface area contributed by atoms with Gasteiger partial charge in [0.1, 0.15) is 5.60 Å². The number of amides is 3. The van der Waals surface area contributed by atoms with Gasteiger partial charge in [0.15, 0.2) is 0 Å². The summed E-state index contributed by atoms with van der Waals surface area (Å²) in [6, 6.07) is 12.5. The van der Waals surface area contributed by atoms with Crippen LogP contribution in [0.2, 0.25) is 0 Å². The molecule has 0 aliphatic carbocycles. The molecule has 0 radical (unpaired) electrons. The molecule has 184 valence electrons. The van der Waals surface area contributed by atoms with Crippen molar-refractivity contribution >= 4 is 34.6 Å². The highest BCUT2D eigenvalue weighted by molar-refractivity contribution is 6.05. The molecule has 0 saturated carbocycles. The molecular formula is C26H31N5O4. The number of ether oxygens (including phenoxy) is 1. The van der Waals surface area contributed by atoms with E-state index >= 15 is 0 Å². The Morgan fingerprint density at radius 1 is 0.914 bits per heavy atom. The van der Waals surface area contributed by atoms with Crippen LogP contribution in [-0.4, -0.2) is 40.0 Å². The number of carbonyl (C=O) groups excluding carboxylic acids is 3. The average molecular weight is 478 g/mol. The van der Waals surface area contributed by atoms with Gasteiger partial charge in [-0.2, -0.15) is 0 Å². The lowest BCUT2D eigenvalue weighted by Crippen LogP contribution is -2.35. The number of nitrogens with zero attached hydrogens (tertiary/aromatic N) is 2. The molecule has 3 rings (SSSR count). The van der Waals surface area contributed by atoms with E-state index in [4.69, 9.17) is 4.74 Å². The third kappa shape index (κ3) is 7.77. The van der Waals surface area contributed by atoms with Gasteiger partial charge in [0.25, 0.3) is 5.91 Å². The van der Waals surface area contributed by atoms with E-state index < -0.39 is 11.7 Å². The Bertz CT molecular complexity index is 1250. The molecule has 0 bridgehead atoms. The molecule has 0 fully saturated rings. The van der Waals surface area contributed by atoms with E-state index in [-0.39, 0.29) is 24.8 Å². The van der Waals surface area contributed by atoms with E-state index in [0.717, 1.165) is 22.5 Å². The first-order chi connectivity index (χ1) is 16.5. The molecule has 1 aromatic heterocycles. The highest BCUT2D eigenvalue weighted by Gasteiger charge is 2.16. The standard InChI is InChI=1S/C26H31N5O4/c1-16-17(2)30-22-14-19(9-10-21(22)29-16)24(33)31-20-8-6-7-18(13-20)15-28-23(32)11-12-27-25(34)35-26(3,4)5/h6-10,13-14H,11-12,15H2,1-5H3,(H,27,34)(H,28,32)(H,31,33). The number of anilines is 1. The second kappa shape index (κ2) is 10.9. The fraction of sp³-hybridized carbons (Fsp3) is 0.346. The van der Waals surface area contributed by atoms with Crippen molar-refractivity contribution in [3.05, 3.63) is 65.0 Å². The van der Waals surface area contributed by atoms with Crippen LogP contribution in [0.4, 0.5) is 10.5 Å². The molecule has 0 spiro atoms. The predicted octanol–water partition coefficient (Wildman–Crippen LogP) is 4.03. The van der Waals surface area contributed by atoms with E-state index in [1.807, 2.05) is 19.9 Å². The number of fused-ring (bicyclic) bond motifs is 1. The van der Waals surface area contributed by atoms with Crippen molar-refractivity contribution < 1.29 is 19.1 Å². The first-order valence-electron chi connectivity index (χ1n) is 11.4. The van der Waals surface area contributed by atoms with Crippen molar-refractivity contribution in [2.75, 3.05) is 11.9 Å². The van der Waals surface area contributed by atoms with Gasteiger partial charge >= 0.3 is 6.09 Å². The number of carbonyl (C=O) groups is 3. The quantitative estimate of drug-likeness (QED) is 0.472. The summed E-state index contributed by atoms with van der Waals surface area (Å²) in [5.41, 5.74) is 4.41. The van der Waals surface area contributed by atoms with Crippen LogP contribution >= 0.6 is 0 Å². The Hall–Kier alpha value is -4.01. The number of nitrogens with one attached hydrogen (secondary N) is 3. The predicted molar refractivity (Wildman–Crippen MR) is 134 cm³/mol. The van der Waals surface area contributed by atoms with Crippen molar-refractivity contribution in [3.63, 3.8) is 0 Å². The smallest absolute Gasteiger partial charge is 0.407 e. The van der Waals surface area contributed by atoms with Crippen LogP contribution in [0, 0.1) is 13.8 Å². The van der Waals surface area contributed by atoms with Crippen LogP contribution < -0.4 is 16.0 Å². The second-order valence-corrected chi connectivity index (χ2v) is 9.21. The Morgan fingerprint density at radius 2 is 1.63 bits per heavy atom. The summed E-state index contributed by atoms with van der Waals surface area (Å²) >= 11 is 0. The van der Waals surface area contributed by atoms with E-state index in [1.54, 1.807) is 57.2 Å². The maximum Gasteiger partial charge on any atom is 0.407 e. The van der Waals surface area contributed by atoms with Gasteiger partial charge in [0.2, 0.25) is 5.91 Å². The lowest BCUT2D eigenvalue weighted by atomic mass is 10.1. The number of hydrogen-bond acceptors (Lipinski definition) is 6. The van der Waals surface area contributed by atoms with E-state index in [9.17, 15) is 14.4 Å². The van der Waals surface area contributed by atoms with E-state index in [1.165, 1.54) is 0 Å². The van der Waals surface area contributed by atoms with Gasteiger partial charge in [0, 0.05) is 30.8 Å². The van der Waals surface area contributed by atoms with Crippen LogP contribution in [0.25, 0.3) is 11.0 Å². The number of aromatic nitrogens is 2. The zero-order valence-corrected chi connectivity index (χ0v) is 20.7. The van der Waals surface area contributed by atoms with Gasteiger partial charge in [0.05, 0.1) is 22.4 Å². The van der Waals surface area contributed by atoms with Gasteiger partial charge in [-0.15, -0.1) is 0 Å². The van der Waals surface area contributed by atoms with Gasteiger partial charge in [-0.05, 0) is 70.5 Å². The lowest BCUT2D eigenvalue weighted by Gasteiger charge is -2.19. The minimum Gasteiger partial charge on any atom is -0.444 e. The molecule has 2 aromatic carbocycles. The lowest BCUT2D eigenvalue weighted by molar-refractivity contribution is -0.121. The number of aryl methyl sites for hydroxylation is 2. The summed E-state index contributed by atoms with van der Waals surface area (Å²) in [6.07, 6.45) is -0.433. The van der Waals surface area contributed by atoms with Crippen LogP contribution in [0.1, 0.15) is 54.5 Å². The maximum atomic E-state index is 12.8. The zero-order chi connectivity index (χ0) is 25.6. The molecule has 0 unspecified atom stereocenters. The molecule has 0 atom stereocenters. The highest BCUT2D eigenvalue weighted by Crippen LogP contribution is 2.17. The van der Waals surface area contributed by atoms with Crippen molar-refractivity contribution in [1.29, 1.82) is 0 Å². The summed E-state index contributed by atoms with van der Waals surface area (Å²) in [6.45, 7) is 9.57. The topological polar surface area (TPSA) is 122 Å². The summed E-state index contributed by atoms with van der Waals surface area (Å²) < 4.78 is 5.13.